The molecule has 0 radical (unpaired) electrons. The molecule has 0 unspecified atom stereocenters. The first kappa shape index (κ1) is 12.7. The Morgan fingerprint density at radius 3 is 2.83 bits per heavy atom. The summed E-state index contributed by atoms with van der Waals surface area (Å²) in [4.78, 5) is 23.1. The number of aryl methyl sites for hydroxylation is 1. The summed E-state index contributed by atoms with van der Waals surface area (Å²) in [6.07, 6.45) is 4.50. The van der Waals surface area contributed by atoms with Gasteiger partial charge >= 0.3 is 5.97 Å². The predicted octanol–water partition coefficient (Wildman–Crippen LogP) is 1.49. The second kappa shape index (κ2) is 5.25. The molecule has 1 heterocycles. The lowest BCUT2D eigenvalue weighted by Gasteiger charge is -2.14. The van der Waals surface area contributed by atoms with Crippen LogP contribution in [0.15, 0.2) is 18.3 Å². The molecule has 5 nitrogen and oxygen atoms in total. The molecule has 0 bridgehead atoms. The monoisotopic (exact) mass is 250 g/mol. The van der Waals surface area contributed by atoms with E-state index in [2.05, 4.69) is 5.32 Å². The number of rotatable bonds is 6. The molecule has 1 aromatic heterocycles. The van der Waals surface area contributed by atoms with E-state index in [-0.39, 0.29) is 5.91 Å². The van der Waals surface area contributed by atoms with Crippen LogP contribution in [0.1, 0.15) is 36.7 Å². The molecular weight excluding hydrogens is 232 g/mol. The molecule has 98 valence electrons. The van der Waals surface area contributed by atoms with E-state index in [4.69, 9.17) is 5.11 Å². The Morgan fingerprint density at radius 1 is 1.56 bits per heavy atom. The van der Waals surface area contributed by atoms with Gasteiger partial charge in [-0.1, -0.05) is 12.8 Å². The minimum Gasteiger partial charge on any atom is -0.480 e. The number of carboxylic acids is 1. The van der Waals surface area contributed by atoms with Crippen molar-refractivity contribution >= 4 is 11.9 Å². The third kappa shape index (κ3) is 2.91. The largest absolute Gasteiger partial charge is 0.480 e. The SMILES string of the molecule is CCn1cccc1C(=O)N[C@@H](CC1CC1)C(=O)O. The van der Waals surface area contributed by atoms with Crippen molar-refractivity contribution in [2.45, 2.75) is 38.8 Å². The number of nitrogens with zero attached hydrogens (tertiary/aromatic N) is 1. The molecule has 1 saturated carbocycles. The fraction of sp³-hybridized carbons (Fsp3) is 0.538. The first-order chi connectivity index (χ1) is 8.61. The normalized spacial score (nSPS) is 16.3. The average Bonchev–Trinajstić information content (AvgIpc) is 3.02. The topological polar surface area (TPSA) is 71.3 Å². The highest BCUT2D eigenvalue weighted by atomic mass is 16.4. The number of hydrogen-bond donors (Lipinski definition) is 2. The van der Waals surface area contributed by atoms with E-state index >= 15 is 0 Å². The number of carbonyl (C=O) groups excluding carboxylic acids is 1. The van der Waals surface area contributed by atoms with Crippen LogP contribution in [-0.4, -0.2) is 27.6 Å². The summed E-state index contributed by atoms with van der Waals surface area (Å²) in [6.45, 7) is 2.63. The minimum atomic E-state index is -0.954. The van der Waals surface area contributed by atoms with Gasteiger partial charge in [0.1, 0.15) is 11.7 Å². The standard InChI is InChI=1S/C13H18N2O3/c1-2-15-7-3-4-11(15)12(16)14-10(13(17)18)8-9-5-6-9/h3-4,7,9-10H,2,5-6,8H2,1H3,(H,14,16)(H,17,18)/t10-/m0/s1. The molecule has 18 heavy (non-hydrogen) atoms. The van der Waals surface area contributed by atoms with Crippen molar-refractivity contribution in [1.82, 2.24) is 9.88 Å². The van der Waals surface area contributed by atoms with E-state index in [0.717, 1.165) is 12.8 Å². The summed E-state index contributed by atoms with van der Waals surface area (Å²) in [5.41, 5.74) is 0.513. The van der Waals surface area contributed by atoms with Crippen LogP contribution in [0.2, 0.25) is 0 Å². The summed E-state index contributed by atoms with van der Waals surface area (Å²) in [5, 5.41) is 11.7. The number of nitrogens with one attached hydrogen (secondary N) is 1. The molecule has 1 amide bonds. The molecule has 0 aromatic carbocycles. The van der Waals surface area contributed by atoms with Gasteiger partial charge in [0.05, 0.1) is 0 Å². The maximum Gasteiger partial charge on any atom is 0.326 e. The zero-order valence-corrected chi connectivity index (χ0v) is 10.4. The summed E-state index contributed by atoms with van der Waals surface area (Å²) < 4.78 is 1.80. The van der Waals surface area contributed by atoms with Gasteiger partial charge in [-0.25, -0.2) is 4.79 Å². The maximum absolute atomic E-state index is 12.0. The van der Waals surface area contributed by atoms with Crippen LogP contribution in [0.3, 0.4) is 0 Å². The fourth-order valence-electron chi connectivity index (χ4n) is 2.04. The molecular formula is C13H18N2O3. The lowest BCUT2D eigenvalue weighted by Crippen LogP contribution is -2.41. The fourth-order valence-corrected chi connectivity index (χ4v) is 2.04. The summed E-state index contributed by atoms with van der Waals surface area (Å²) in [5.74, 6) is -0.802. The second-order valence-corrected chi connectivity index (χ2v) is 4.72. The van der Waals surface area contributed by atoms with Crippen molar-refractivity contribution in [2.75, 3.05) is 0 Å². The van der Waals surface area contributed by atoms with Gasteiger partial charge in [-0.3, -0.25) is 4.79 Å². The average molecular weight is 250 g/mol. The molecule has 5 heteroatoms. The van der Waals surface area contributed by atoms with Crippen molar-refractivity contribution in [3.63, 3.8) is 0 Å². The van der Waals surface area contributed by atoms with Gasteiger partial charge < -0.3 is 15.0 Å². The molecule has 1 fully saturated rings. The summed E-state index contributed by atoms with van der Waals surface area (Å²) in [7, 11) is 0. The highest BCUT2D eigenvalue weighted by Gasteiger charge is 2.30. The van der Waals surface area contributed by atoms with E-state index in [9.17, 15) is 9.59 Å². The van der Waals surface area contributed by atoms with E-state index < -0.39 is 12.0 Å². The van der Waals surface area contributed by atoms with E-state index in [0.29, 0.717) is 24.6 Å². The Labute approximate surface area is 106 Å². The van der Waals surface area contributed by atoms with Crippen LogP contribution >= 0.6 is 0 Å². The van der Waals surface area contributed by atoms with Gasteiger partial charge in [-0.05, 0) is 31.4 Å². The number of hydrogen-bond acceptors (Lipinski definition) is 2. The molecule has 1 aliphatic rings. The van der Waals surface area contributed by atoms with E-state index in [1.807, 2.05) is 13.1 Å². The van der Waals surface area contributed by atoms with Crippen molar-refractivity contribution in [3.8, 4) is 0 Å². The highest BCUT2D eigenvalue weighted by molar-refractivity contribution is 5.95. The number of aromatic nitrogens is 1. The van der Waals surface area contributed by atoms with Crippen LogP contribution in [0.25, 0.3) is 0 Å². The molecule has 1 aliphatic carbocycles. The van der Waals surface area contributed by atoms with Gasteiger partial charge in [-0.15, -0.1) is 0 Å². The Balaban J connectivity index is 2.01. The molecule has 0 aliphatic heterocycles. The van der Waals surface area contributed by atoms with Crippen molar-refractivity contribution in [2.24, 2.45) is 5.92 Å². The van der Waals surface area contributed by atoms with Crippen LogP contribution in [0.5, 0.6) is 0 Å². The zero-order valence-electron chi connectivity index (χ0n) is 10.4. The summed E-state index contributed by atoms with van der Waals surface area (Å²) >= 11 is 0. The number of carboxylic acid groups (broad SMARTS) is 1. The van der Waals surface area contributed by atoms with Gasteiger partial charge in [0.25, 0.3) is 5.91 Å². The lowest BCUT2D eigenvalue weighted by atomic mass is 10.1. The molecule has 1 aromatic rings. The maximum atomic E-state index is 12.0. The Bertz CT molecular complexity index is 449. The second-order valence-electron chi connectivity index (χ2n) is 4.72. The third-order valence-corrected chi connectivity index (χ3v) is 3.27. The Morgan fingerprint density at radius 2 is 2.28 bits per heavy atom. The smallest absolute Gasteiger partial charge is 0.326 e. The molecule has 2 N–H and O–H groups in total. The molecule has 2 rings (SSSR count). The molecule has 0 spiro atoms. The first-order valence-corrected chi connectivity index (χ1v) is 6.30. The predicted molar refractivity (Wildman–Crippen MR) is 66.3 cm³/mol. The lowest BCUT2D eigenvalue weighted by molar-refractivity contribution is -0.139. The van der Waals surface area contributed by atoms with Crippen molar-refractivity contribution < 1.29 is 14.7 Å². The van der Waals surface area contributed by atoms with Crippen molar-refractivity contribution in [3.05, 3.63) is 24.0 Å². The number of aliphatic carboxylic acids is 1. The van der Waals surface area contributed by atoms with Gasteiger partial charge in [0, 0.05) is 12.7 Å². The third-order valence-electron chi connectivity index (χ3n) is 3.27. The quantitative estimate of drug-likeness (QED) is 0.803. The van der Waals surface area contributed by atoms with E-state index in [1.165, 1.54) is 0 Å². The summed E-state index contributed by atoms with van der Waals surface area (Å²) in [6, 6.07) is 2.72. The Hall–Kier alpha value is -1.78. The van der Waals surface area contributed by atoms with Crippen molar-refractivity contribution in [1.29, 1.82) is 0 Å². The minimum absolute atomic E-state index is 0.310. The number of carbonyl (C=O) groups is 2. The van der Waals surface area contributed by atoms with Gasteiger partial charge in [-0.2, -0.15) is 0 Å². The molecule has 1 atom stereocenters. The molecule has 0 saturated heterocycles. The van der Waals surface area contributed by atoms with Crippen LogP contribution in [-0.2, 0) is 11.3 Å². The van der Waals surface area contributed by atoms with E-state index in [1.54, 1.807) is 16.7 Å². The zero-order chi connectivity index (χ0) is 13.1. The van der Waals surface area contributed by atoms with Crippen LogP contribution in [0.4, 0.5) is 0 Å². The van der Waals surface area contributed by atoms with Gasteiger partial charge in [0.15, 0.2) is 0 Å². The van der Waals surface area contributed by atoms with Crippen LogP contribution < -0.4 is 5.32 Å². The van der Waals surface area contributed by atoms with Gasteiger partial charge in [0.2, 0.25) is 0 Å². The first-order valence-electron chi connectivity index (χ1n) is 6.30. The Kier molecular flexibility index (Phi) is 3.69. The highest BCUT2D eigenvalue weighted by Crippen LogP contribution is 2.33. The number of amides is 1. The van der Waals surface area contributed by atoms with Crippen LogP contribution in [0, 0.1) is 5.92 Å².